The molecule has 0 bridgehead atoms. The van der Waals surface area contributed by atoms with E-state index in [9.17, 15) is 9.90 Å². The zero-order chi connectivity index (χ0) is 25.8. The number of aliphatic hydroxyl groups is 1. The molecule has 3 rings (SSSR count). The fourth-order valence-corrected chi connectivity index (χ4v) is 6.32. The number of hydrogen-bond donors (Lipinski definition) is 2. The first-order valence-corrected chi connectivity index (χ1v) is 14.5. The summed E-state index contributed by atoms with van der Waals surface area (Å²) in [7, 11) is 4.17. The van der Waals surface area contributed by atoms with Gasteiger partial charge < -0.3 is 25.0 Å². The Hall–Kier alpha value is -1.63. The zero-order valence-corrected chi connectivity index (χ0v) is 23.1. The van der Waals surface area contributed by atoms with Crippen LogP contribution >= 0.6 is 0 Å². The lowest BCUT2D eigenvalue weighted by Crippen LogP contribution is -2.54. The minimum absolute atomic E-state index is 0.0251. The van der Waals surface area contributed by atoms with E-state index >= 15 is 0 Å². The topological polar surface area (TPSA) is 65.0 Å². The molecule has 6 nitrogen and oxygen atoms in total. The van der Waals surface area contributed by atoms with Crippen molar-refractivity contribution >= 4 is 6.03 Å². The van der Waals surface area contributed by atoms with E-state index < -0.39 is 5.60 Å². The lowest BCUT2D eigenvalue weighted by Gasteiger charge is -2.43. The number of carbonyl (C=O) groups is 1. The molecular formula is C30H51N3O3. The standard InChI is InChI=1S/C30H51N3O3/c1-4-36-21-12-11-19-30(35,26-16-9-6-10-17-26)27-18-13-20-33(23-27)29(34)31-28(24-32(2)3)22-25-14-7-5-8-15-25/h6,9-10,16-17,25,27-28,35H,4-5,7-8,11-15,18-24H2,1-3H3,(H,31,34)/t27?,28?,30-/m0/s1. The van der Waals surface area contributed by atoms with Crippen molar-refractivity contribution < 1.29 is 14.6 Å². The van der Waals surface area contributed by atoms with E-state index in [0.29, 0.717) is 13.0 Å². The van der Waals surface area contributed by atoms with Gasteiger partial charge in [0.05, 0.1) is 5.60 Å². The number of piperidine rings is 1. The van der Waals surface area contributed by atoms with Crippen molar-refractivity contribution in [3.8, 4) is 0 Å². The Bertz CT molecular complexity index is 753. The summed E-state index contributed by atoms with van der Waals surface area (Å²) in [4.78, 5) is 17.6. The van der Waals surface area contributed by atoms with E-state index in [1.807, 2.05) is 42.2 Å². The summed E-state index contributed by atoms with van der Waals surface area (Å²) in [5, 5.41) is 15.5. The second-order valence-corrected chi connectivity index (χ2v) is 11.4. The van der Waals surface area contributed by atoms with Crippen molar-refractivity contribution in [2.24, 2.45) is 11.8 Å². The summed E-state index contributed by atoms with van der Waals surface area (Å²) in [6, 6.07) is 10.3. The van der Waals surface area contributed by atoms with Crippen molar-refractivity contribution in [3.63, 3.8) is 0 Å². The first-order chi connectivity index (χ1) is 17.4. The van der Waals surface area contributed by atoms with Crippen LogP contribution in [-0.2, 0) is 10.3 Å². The van der Waals surface area contributed by atoms with Gasteiger partial charge in [-0.15, -0.1) is 0 Å². The van der Waals surface area contributed by atoms with Gasteiger partial charge in [0.1, 0.15) is 0 Å². The molecule has 2 fully saturated rings. The Morgan fingerprint density at radius 2 is 1.89 bits per heavy atom. The van der Waals surface area contributed by atoms with Gasteiger partial charge in [0.15, 0.2) is 0 Å². The largest absolute Gasteiger partial charge is 0.385 e. The molecular weight excluding hydrogens is 450 g/mol. The highest BCUT2D eigenvalue weighted by Crippen LogP contribution is 2.39. The van der Waals surface area contributed by atoms with Gasteiger partial charge in [0.2, 0.25) is 0 Å². The van der Waals surface area contributed by atoms with Crippen LogP contribution in [0.4, 0.5) is 4.79 Å². The van der Waals surface area contributed by atoms with Crippen molar-refractivity contribution in [2.75, 3.05) is 46.9 Å². The number of hydrogen-bond acceptors (Lipinski definition) is 4. The lowest BCUT2D eigenvalue weighted by atomic mass is 9.74. The molecule has 1 saturated carbocycles. The second-order valence-electron chi connectivity index (χ2n) is 11.4. The van der Waals surface area contributed by atoms with E-state index in [-0.39, 0.29) is 18.0 Å². The molecule has 1 aliphatic carbocycles. The van der Waals surface area contributed by atoms with Gasteiger partial charge in [-0.25, -0.2) is 4.79 Å². The summed E-state index contributed by atoms with van der Waals surface area (Å²) in [5.74, 6) is 0.745. The maximum absolute atomic E-state index is 13.5. The van der Waals surface area contributed by atoms with Crippen molar-refractivity contribution in [1.29, 1.82) is 0 Å². The van der Waals surface area contributed by atoms with Gasteiger partial charge in [-0.3, -0.25) is 0 Å². The molecule has 1 aromatic carbocycles. The van der Waals surface area contributed by atoms with Crippen LogP contribution in [0.5, 0.6) is 0 Å². The predicted octanol–water partition coefficient (Wildman–Crippen LogP) is 5.40. The SMILES string of the molecule is CCOCCCC[C@](O)(c1ccccc1)C1CCCN(C(=O)NC(CC2CCCCC2)CN(C)C)C1. The minimum atomic E-state index is -0.933. The molecule has 1 aliphatic heterocycles. The molecule has 2 unspecified atom stereocenters. The zero-order valence-electron chi connectivity index (χ0n) is 23.1. The number of carbonyl (C=O) groups excluding carboxylic acids is 1. The number of likely N-dealkylation sites (tertiary alicyclic amines) is 1. The van der Waals surface area contributed by atoms with Crippen LogP contribution in [-0.4, -0.2) is 73.9 Å². The van der Waals surface area contributed by atoms with Crippen LogP contribution in [0.3, 0.4) is 0 Å². The third kappa shape index (κ3) is 8.74. The smallest absolute Gasteiger partial charge is 0.317 e. The quantitative estimate of drug-likeness (QED) is 0.355. The summed E-state index contributed by atoms with van der Waals surface area (Å²) < 4.78 is 5.52. The van der Waals surface area contributed by atoms with Crippen molar-refractivity contribution in [3.05, 3.63) is 35.9 Å². The molecule has 36 heavy (non-hydrogen) atoms. The molecule has 204 valence electrons. The third-order valence-electron chi connectivity index (χ3n) is 8.21. The van der Waals surface area contributed by atoms with E-state index in [1.165, 1.54) is 32.1 Å². The van der Waals surface area contributed by atoms with Crippen LogP contribution in [0.1, 0.15) is 83.1 Å². The van der Waals surface area contributed by atoms with Gasteiger partial charge in [-0.2, -0.15) is 0 Å². The van der Waals surface area contributed by atoms with Gasteiger partial charge in [-0.1, -0.05) is 62.4 Å². The van der Waals surface area contributed by atoms with E-state index in [0.717, 1.165) is 69.9 Å². The Labute approximate surface area is 219 Å². The number of rotatable bonds is 13. The molecule has 2 N–H and O–H groups in total. The van der Waals surface area contributed by atoms with Gasteiger partial charge in [0, 0.05) is 44.8 Å². The number of likely N-dealkylation sites (N-methyl/N-ethyl adjacent to an activating group) is 1. The van der Waals surface area contributed by atoms with Gasteiger partial charge in [-0.05, 0) is 71.0 Å². The first-order valence-electron chi connectivity index (χ1n) is 14.5. The average molecular weight is 502 g/mol. The lowest BCUT2D eigenvalue weighted by molar-refractivity contribution is -0.0566. The molecule has 0 aromatic heterocycles. The molecule has 1 aromatic rings. The fourth-order valence-electron chi connectivity index (χ4n) is 6.32. The van der Waals surface area contributed by atoms with Crippen molar-refractivity contribution in [1.82, 2.24) is 15.1 Å². The molecule has 2 amide bonds. The normalized spacial score (nSPS) is 21.8. The summed E-state index contributed by atoms with van der Waals surface area (Å²) in [6.45, 7) is 5.70. The highest BCUT2D eigenvalue weighted by Gasteiger charge is 2.41. The second kappa shape index (κ2) is 14.9. The number of benzene rings is 1. The minimum Gasteiger partial charge on any atom is -0.385 e. The van der Waals surface area contributed by atoms with Gasteiger partial charge >= 0.3 is 6.03 Å². The highest BCUT2D eigenvalue weighted by molar-refractivity contribution is 5.74. The number of amides is 2. The Balaban J connectivity index is 1.65. The fraction of sp³-hybridized carbons (Fsp3) is 0.767. The highest BCUT2D eigenvalue weighted by atomic mass is 16.5. The van der Waals surface area contributed by atoms with E-state index in [2.05, 4.69) is 24.3 Å². The Morgan fingerprint density at radius 3 is 2.58 bits per heavy atom. The Kier molecular flexibility index (Phi) is 12.0. The number of unbranched alkanes of at least 4 members (excludes halogenated alkanes) is 1. The third-order valence-corrected chi connectivity index (χ3v) is 8.21. The number of nitrogens with one attached hydrogen (secondary N) is 1. The molecule has 1 saturated heterocycles. The van der Waals surface area contributed by atoms with Crippen LogP contribution in [0.2, 0.25) is 0 Å². The monoisotopic (exact) mass is 501 g/mol. The first kappa shape index (κ1) is 28.9. The number of nitrogens with zero attached hydrogens (tertiary/aromatic N) is 2. The van der Waals surface area contributed by atoms with Crippen LogP contribution < -0.4 is 5.32 Å². The summed E-state index contributed by atoms with van der Waals surface area (Å²) in [6.07, 6.45) is 12.0. The molecule has 0 radical (unpaired) electrons. The predicted molar refractivity (Wildman–Crippen MR) is 147 cm³/mol. The number of urea groups is 1. The van der Waals surface area contributed by atoms with E-state index in [1.54, 1.807) is 0 Å². The van der Waals surface area contributed by atoms with Crippen LogP contribution in [0.25, 0.3) is 0 Å². The molecule has 1 heterocycles. The molecule has 3 atom stereocenters. The van der Waals surface area contributed by atoms with E-state index in [4.69, 9.17) is 4.74 Å². The summed E-state index contributed by atoms with van der Waals surface area (Å²) >= 11 is 0. The summed E-state index contributed by atoms with van der Waals surface area (Å²) in [5.41, 5.74) is 0.0360. The molecule has 2 aliphatic rings. The average Bonchev–Trinajstić information content (AvgIpc) is 2.89. The van der Waals surface area contributed by atoms with Crippen molar-refractivity contribution in [2.45, 2.75) is 89.2 Å². The number of ether oxygens (including phenoxy) is 1. The van der Waals surface area contributed by atoms with Gasteiger partial charge in [0.25, 0.3) is 0 Å². The maximum Gasteiger partial charge on any atom is 0.317 e. The van der Waals surface area contributed by atoms with Crippen LogP contribution in [0.15, 0.2) is 30.3 Å². The molecule has 6 heteroatoms. The Morgan fingerprint density at radius 1 is 1.14 bits per heavy atom. The van der Waals surface area contributed by atoms with Crippen LogP contribution in [0, 0.1) is 11.8 Å². The maximum atomic E-state index is 13.5. The molecule has 0 spiro atoms.